The second-order valence-electron chi connectivity index (χ2n) is 15.1. The number of benzene rings is 2. The van der Waals surface area contributed by atoms with Gasteiger partial charge in [-0.1, -0.05) is 114 Å². The highest BCUT2D eigenvalue weighted by molar-refractivity contribution is 5.51. The van der Waals surface area contributed by atoms with Gasteiger partial charge in [0.05, 0.1) is 0 Å². The number of hydrogen-bond donors (Lipinski definition) is 0. The fourth-order valence-electron chi connectivity index (χ4n) is 6.67. The topological polar surface area (TPSA) is 0 Å². The Morgan fingerprint density at radius 3 is 0.923 bits per heavy atom. The van der Waals surface area contributed by atoms with Crippen molar-refractivity contribution in [3.8, 4) is 0 Å². The maximum atomic E-state index is 2.55. The highest BCUT2D eigenvalue weighted by atomic mass is 14.3. The van der Waals surface area contributed by atoms with Crippen molar-refractivity contribution in [2.45, 2.75) is 141 Å². The van der Waals surface area contributed by atoms with Gasteiger partial charge in [-0.2, -0.15) is 0 Å². The molecule has 0 bridgehead atoms. The Morgan fingerprint density at radius 1 is 0.385 bits per heavy atom. The summed E-state index contributed by atoms with van der Waals surface area (Å²) in [5, 5.41) is 0. The van der Waals surface area contributed by atoms with E-state index in [0.717, 1.165) is 6.42 Å². The van der Waals surface area contributed by atoms with E-state index in [1.54, 1.807) is 44.5 Å². The molecule has 0 unspecified atom stereocenters. The predicted molar refractivity (Wildman–Crippen MR) is 176 cm³/mol. The van der Waals surface area contributed by atoms with Crippen LogP contribution in [-0.4, -0.2) is 0 Å². The van der Waals surface area contributed by atoms with E-state index in [4.69, 9.17) is 0 Å². The summed E-state index contributed by atoms with van der Waals surface area (Å²) < 4.78 is 0. The molecule has 2 aromatic carbocycles. The summed E-state index contributed by atoms with van der Waals surface area (Å²) in [7, 11) is 0. The normalized spacial score (nSPS) is 12.5. The van der Waals surface area contributed by atoms with E-state index in [1.807, 2.05) is 0 Å². The first-order chi connectivity index (χ1) is 18.2. The average molecular weight is 533 g/mol. The maximum Gasteiger partial charge on any atom is 0.00923 e. The van der Waals surface area contributed by atoms with Crippen LogP contribution in [0, 0.1) is 35.5 Å². The Bertz CT molecular complexity index is 933. The summed E-state index contributed by atoms with van der Waals surface area (Å²) in [6.07, 6.45) is 8.29. The first kappa shape index (κ1) is 33.6. The third-order valence-electron chi connectivity index (χ3n) is 7.99. The van der Waals surface area contributed by atoms with Gasteiger partial charge in [0.2, 0.25) is 0 Å². The summed E-state index contributed by atoms with van der Waals surface area (Å²) in [4.78, 5) is 0. The Kier molecular flexibility index (Phi) is 13.3. The van der Waals surface area contributed by atoms with Crippen LogP contribution in [0.25, 0.3) is 0 Å². The second-order valence-corrected chi connectivity index (χ2v) is 15.1. The fourth-order valence-corrected chi connectivity index (χ4v) is 6.67. The summed E-state index contributed by atoms with van der Waals surface area (Å²) >= 11 is 0. The van der Waals surface area contributed by atoms with Crippen LogP contribution < -0.4 is 0 Å². The zero-order chi connectivity index (χ0) is 29.4. The molecule has 0 amide bonds. The van der Waals surface area contributed by atoms with Crippen LogP contribution >= 0.6 is 0 Å². The van der Waals surface area contributed by atoms with Gasteiger partial charge in [0, 0.05) is 5.92 Å². The molecule has 0 heteroatoms. The molecule has 0 N–H and O–H groups in total. The van der Waals surface area contributed by atoms with Gasteiger partial charge in [-0.05, 0) is 125 Å². The van der Waals surface area contributed by atoms with Gasteiger partial charge >= 0.3 is 0 Å². The van der Waals surface area contributed by atoms with Gasteiger partial charge in [-0.25, -0.2) is 0 Å². The molecule has 0 atom stereocenters. The Hall–Kier alpha value is -1.56. The van der Waals surface area contributed by atoms with Crippen LogP contribution in [0.5, 0.6) is 0 Å². The Morgan fingerprint density at radius 2 is 0.667 bits per heavy atom. The molecule has 0 spiro atoms. The van der Waals surface area contributed by atoms with Gasteiger partial charge < -0.3 is 0 Å². The molecule has 0 heterocycles. The Balaban J connectivity index is 2.89. The average Bonchev–Trinajstić information content (AvgIpc) is 2.79. The quantitative estimate of drug-likeness (QED) is 0.214. The minimum absolute atomic E-state index is 0.463. The molecule has 2 rings (SSSR count). The van der Waals surface area contributed by atoms with E-state index < -0.39 is 0 Å². The molecule has 0 aliphatic heterocycles. The molecule has 0 aliphatic rings. The summed E-state index contributed by atoms with van der Waals surface area (Å²) in [6.45, 7) is 31.1. The summed E-state index contributed by atoms with van der Waals surface area (Å²) in [5.74, 6) is 4.47. The minimum atomic E-state index is 0.463. The van der Waals surface area contributed by atoms with Crippen LogP contribution in [0.15, 0.2) is 24.3 Å². The van der Waals surface area contributed by atoms with Crippen molar-refractivity contribution in [1.82, 2.24) is 0 Å². The van der Waals surface area contributed by atoms with E-state index in [9.17, 15) is 0 Å². The Labute approximate surface area is 244 Å². The fraction of sp³-hybridized carbons (Fsp3) is 0.692. The molecule has 0 fully saturated rings. The molecule has 0 aliphatic carbocycles. The van der Waals surface area contributed by atoms with Gasteiger partial charge in [-0.3, -0.25) is 0 Å². The molecule has 0 saturated carbocycles. The van der Waals surface area contributed by atoms with Crippen LogP contribution in [0.2, 0.25) is 0 Å². The van der Waals surface area contributed by atoms with Gasteiger partial charge in [0.15, 0.2) is 0 Å². The van der Waals surface area contributed by atoms with Gasteiger partial charge in [0.25, 0.3) is 0 Å². The molecule has 0 saturated heterocycles. The summed E-state index contributed by atoms with van der Waals surface area (Å²) in [6, 6.07) is 10.1. The number of hydrogen-bond acceptors (Lipinski definition) is 0. The van der Waals surface area contributed by atoms with Crippen LogP contribution in [0.3, 0.4) is 0 Å². The summed E-state index contributed by atoms with van der Waals surface area (Å²) in [5.41, 5.74) is 13.1. The van der Waals surface area contributed by atoms with E-state index in [-0.39, 0.29) is 0 Å². The second kappa shape index (κ2) is 15.4. The van der Waals surface area contributed by atoms with Crippen molar-refractivity contribution < 1.29 is 0 Å². The van der Waals surface area contributed by atoms with E-state index >= 15 is 0 Å². The van der Waals surface area contributed by atoms with Crippen molar-refractivity contribution in [3.05, 3.63) is 68.8 Å². The largest absolute Gasteiger partial charge is 0.0645 e. The minimum Gasteiger partial charge on any atom is -0.0645 e. The highest BCUT2D eigenvalue weighted by Gasteiger charge is 2.26. The smallest absolute Gasteiger partial charge is 0.00923 e. The van der Waals surface area contributed by atoms with E-state index in [0.29, 0.717) is 41.4 Å². The molecular weight excluding hydrogens is 468 g/mol. The lowest BCUT2D eigenvalue weighted by molar-refractivity contribution is 0.583. The molecular formula is C39H64. The molecule has 2 aromatic rings. The van der Waals surface area contributed by atoms with Crippen LogP contribution in [0.4, 0.5) is 0 Å². The third kappa shape index (κ3) is 9.79. The molecule has 39 heavy (non-hydrogen) atoms. The van der Waals surface area contributed by atoms with Crippen molar-refractivity contribution in [1.29, 1.82) is 0 Å². The number of rotatable bonds is 15. The zero-order valence-electron chi connectivity index (χ0n) is 28.3. The predicted octanol–water partition coefficient (Wildman–Crippen LogP) is 11.4. The molecule has 0 radical (unpaired) electrons. The lowest BCUT2D eigenvalue weighted by atomic mass is 9.74. The molecule has 220 valence electrons. The molecule has 0 aromatic heterocycles. The van der Waals surface area contributed by atoms with Crippen molar-refractivity contribution in [2.75, 3.05) is 0 Å². The van der Waals surface area contributed by atoms with E-state index in [2.05, 4.69) is 114 Å². The standard InChI is InChI=1S/C39H64/c1-14-33(34-17-15-31(19-25(2)3)36(21-27(6)7)38(34)23-29(10)11)35-18-16-32(20-26(4)5)37(22-28(8)9)39(35)24-30(12)13/h15-18,25-30,33H,14,19-24H2,1-13H3. The van der Waals surface area contributed by atoms with Crippen LogP contribution in [-0.2, 0) is 38.5 Å². The monoisotopic (exact) mass is 533 g/mol. The van der Waals surface area contributed by atoms with Gasteiger partial charge in [0.1, 0.15) is 0 Å². The van der Waals surface area contributed by atoms with Crippen molar-refractivity contribution in [2.24, 2.45) is 35.5 Å². The van der Waals surface area contributed by atoms with E-state index in [1.165, 1.54) is 38.5 Å². The zero-order valence-corrected chi connectivity index (χ0v) is 28.3. The van der Waals surface area contributed by atoms with Gasteiger partial charge in [-0.15, -0.1) is 0 Å². The lowest BCUT2D eigenvalue weighted by Gasteiger charge is -2.30. The maximum absolute atomic E-state index is 2.55. The van der Waals surface area contributed by atoms with Crippen molar-refractivity contribution >= 4 is 0 Å². The first-order valence-electron chi connectivity index (χ1n) is 16.5. The highest BCUT2D eigenvalue weighted by Crippen LogP contribution is 2.40. The SMILES string of the molecule is CCC(c1ccc(CC(C)C)c(CC(C)C)c1CC(C)C)c1ccc(CC(C)C)c(CC(C)C)c1CC(C)C. The third-order valence-corrected chi connectivity index (χ3v) is 7.99. The lowest BCUT2D eigenvalue weighted by Crippen LogP contribution is -2.17. The van der Waals surface area contributed by atoms with Crippen molar-refractivity contribution in [3.63, 3.8) is 0 Å². The first-order valence-corrected chi connectivity index (χ1v) is 16.5. The van der Waals surface area contributed by atoms with Crippen LogP contribution in [0.1, 0.15) is 147 Å². The molecule has 0 nitrogen and oxygen atoms in total.